The Balaban J connectivity index is 1.54. The number of nitrogens with zero attached hydrogens (tertiary/aromatic N) is 3. The third-order valence-electron chi connectivity index (χ3n) is 6.19. The lowest BCUT2D eigenvalue weighted by Crippen LogP contribution is -2.38. The summed E-state index contributed by atoms with van der Waals surface area (Å²) in [4.78, 5) is 28.9. The molecule has 2 N–H and O–H groups in total. The van der Waals surface area contributed by atoms with Gasteiger partial charge in [0.25, 0.3) is 5.91 Å². The fourth-order valence-corrected chi connectivity index (χ4v) is 4.46. The average molecular weight is 450 g/mol. The van der Waals surface area contributed by atoms with Crippen molar-refractivity contribution in [1.29, 1.82) is 0 Å². The lowest BCUT2D eigenvalue weighted by Gasteiger charge is -2.28. The van der Waals surface area contributed by atoms with Crippen LogP contribution in [0, 0.1) is 5.92 Å². The van der Waals surface area contributed by atoms with E-state index in [1.165, 1.54) is 7.11 Å². The number of hydrogen-bond acceptors (Lipinski definition) is 6. The third-order valence-corrected chi connectivity index (χ3v) is 6.19. The second-order valence-electron chi connectivity index (χ2n) is 9.00. The molecule has 174 valence electrons. The lowest BCUT2D eigenvalue weighted by atomic mass is 9.84. The van der Waals surface area contributed by atoms with Gasteiger partial charge in [0.05, 0.1) is 30.1 Å². The molecule has 33 heavy (non-hydrogen) atoms. The number of aromatic nitrogens is 3. The van der Waals surface area contributed by atoms with E-state index < -0.39 is 0 Å². The minimum atomic E-state index is -0.162. The maximum Gasteiger partial charge on any atom is 0.305 e. The van der Waals surface area contributed by atoms with Gasteiger partial charge in [-0.15, -0.1) is 0 Å². The van der Waals surface area contributed by atoms with Crippen LogP contribution in [0.2, 0.25) is 0 Å². The number of carbonyl (C=O) groups excluding carboxylic acids is 2. The molecule has 0 radical (unpaired) electrons. The summed E-state index contributed by atoms with van der Waals surface area (Å²) in [7, 11) is 1.42. The number of carbonyl (C=O) groups is 2. The maximum atomic E-state index is 13.3. The summed E-state index contributed by atoms with van der Waals surface area (Å²) >= 11 is 0. The summed E-state index contributed by atoms with van der Waals surface area (Å²) in [6, 6.07) is 6.19. The zero-order chi connectivity index (χ0) is 23.4. The van der Waals surface area contributed by atoms with Gasteiger partial charge in [0, 0.05) is 42.7 Å². The molecule has 3 aromatic heterocycles. The van der Waals surface area contributed by atoms with Crippen LogP contribution < -0.4 is 10.6 Å². The third kappa shape index (κ3) is 5.32. The van der Waals surface area contributed by atoms with Crippen molar-refractivity contribution in [1.82, 2.24) is 19.9 Å². The molecule has 1 fully saturated rings. The molecule has 0 aromatic carbocycles. The Morgan fingerprint density at radius 2 is 1.88 bits per heavy atom. The van der Waals surface area contributed by atoms with Gasteiger partial charge in [-0.05, 0) is 69.2 Å². The fourth-order valence-electron chi connectivity index (χ4n) is 4.46. The van der Waals surface area contributed by atoms with Crippen LogP contribution in [0.25, 0.3) is 16.6 Å². The second-order valence-corrected chi connectivity index (χ2v) is 9.00. The van der Waals surface area contributed by atoms with E-state index in [1.54, 1.807) is 23.1 Å². The number of anilines is 1. The van der Waals surface area contributed by atoms with Crippen LogP contribution in [-0.4, -0.2) is 45.7 Å². The zero-order valence-corrected chi connectivity index (χ0v) is 19.4. The smallest absolute Gasteiger partial charge is 0.305 e. The SMILES string of the molecule is COC(=O)CC1CCC(NC(=O)c2cnn3cc(-c4ccncc4)cc3c2NC(C)C)CC1. The molecule has 8 nitrogen and oxygen atoms in total. The monoisotopic (exact) mass is 449 g/mol. The van der Waals surface area contributed by atoms with Crippen LogP contribution in [-0.2, 0) is 9.53 Å². The van der Waals surface area contributed by atoms with E-state index in [-0.39, 0.29) is 24.0 Å². The van der Waals surface area contributed by atoms with Crippen LogP contribution in [0.1, 0.15) is 56.3 Å². The summed E-state index contributed by atoms with van der Waals surface area (Å²) in [5, 5.41) is 11.1. The van der Waals surface area contributed by atoms with Gasteiger partial charge in [-0.2, -0.15) is 5.10 Å². The summed E-state index contributed by atoms with van der Waals surface area (Å²) in [5.41, 5.74) is 4.22. The first-order valence-electron chi connectivity index (χ1n) is 11.5. The van der Waals surface area contributed by atoms with Crippen molar-refractivity contribution < 1.29 is 14.3 Å². The molecular weight excluding hydrogens is 418 g/mol. The quantitative estimate of drug-likeness (QED) is 0.528. The average Bonchev–Trinajstić information content (AvgIpc) is 3.25. The van der Waals surface area contributed by atoms with Crippen molar-refractivity contribution in [3.8, 4) is 11.1 Å². The molecule has 8 heteroatoms. The first-order valence-corrected chi connectivity index (χ1v) is 11.5. The van der Waals surface area contributed by atoms with E-state index in [1.807, 2.05) is 38.2 Å². The van der Waals surface area contributed by atoms with Crippen LogP contribution in [0.15, 0.2) is 43.0 Å². The van der Waals surface area contributed by atoms with Gasteiger partial charge in [-0.25, -0.2) is 4.52 Å². The highest BCUT2D eigenvalue weighted by molar-refractivity contribution is 6.03. The highest BCUT2D eigenvalue weighted by Gasteiger charge is 2.26. The maximum absolute atomic E-state index is 13.3. The Hall–Kier alpha value is -3.42. The predicted octanol–water partition coefficient (Wildman–Crippen LogP) is 4.07. The van der Waals surface area contributed by atoms with Gasteiger partial charge in [-0.1, -0.05) is 0 Å². The van der Waals surface area contributed by atoms with E-state index >= 15 is 0 Å². The first kappa shape index (κ1) is 22.8. The molecule has 0 saturated heterocycles. The molecule has 3 heterocycles. The molecular formula is C25H31N5O3. The molecule has 3 aromatic rings. The number of rotatable bonds is 7. The van der Waals surface area contributed by atoms with E-state index in [2.05, 4.69) is 20.7 Å². The zero-order valence-electron chi connectivity index (χ0n) is 19.4. The Morgan fingerprint density at radius 3 is 2.55 bits per heavy atom. The Bertz CT molecular complexity index is 1120. The molecule has 1 amide bonds. The minimum Gasteiger partial charge on any atom is -0.469 e. The summed E-state index contributed by atoms with van der Waals surface area (Å²) < 4.78 is 6.59. The molecule has 0 unspecified atom stereocenters. The lowest BCUT2D eigenvalue weighted by molar-refractivity contribution is -0.142. The van der Waals surface area contributed by atoms with Gasteiger partial charge < -0.3 is 15.4 Å². The summed E-state index contributed by atoms with van der Waals surface area (Å²) in [6.45, 7) is 4.10. The number of ether oxygens (including phenoxy) is 1. The predicted molar refractivity (Wildman–Crippen MR) is 127 cm³/mol. The van der Waals surface area contributed by atoms with Crippen molar-refractivity contribution >= 4 is 23.1 Å². The van der Waals surface area contributed by atoms with Crippen molar-refractivity contribution in [2.45, 2.75) is 58.0 Å². The topological polar surface area (TPSA) is 97.6 Å². The number of fused-ring (bicyclic) bond motifs is 1. The number of amides is 1. The van der Waals surface area contributed by atoms with E-state index in [4.69, 9.17) is 4.74 Å². The van der Waals surface area contributed by atoms with Crippen LogP contribution >= 0.6 is 0 Å². The highest BCUT2D eigenvalue weighted by atomic mass is 16.5. The number of nitrogens with one attached hydrogen (secondary N) is 2. The number of hydrogen-bond donors (Lipinski definition) is 2. The Kier molecular flexibility index (Phi) is 6.91. The number of methoxy groups -OCH3 is 1. The van der Waals surface area contributed by atoms with Gasteiger partial charge in [0.2, 0.25) is 0 Å². The van der Waals surface area contributed by atoms with Crippen molar-refractivity contribution in [3.05, 3.63) is 48.5 Å². The van der Waals surface area contributed by atoms with Crippen molar-refractivity contribution in [2.75, 3.05) is 12.4 Å². The fraction of sp³-hybridized carbons (Fsp3) is 0.440. The molecule has 0 aliphatic heterocycles. The van der Waals surface area contributed by atoms with Crippen LogP contribution in [0.5, 0.6) is 0 Å². The number of esters is 1. The van der Waals surface area contributed by atoms with Crippen LogP contribution in [0.4, 0.5) is 5.69 Å². The van der Waals surface area contributed by atoms with Gasteiger partial charge >= 0.3 is 5.97 Å². The minimum absolute atomic E-state index is 0.0914. The first-order chi connectivity index (χ1) is 15.9. The van der Waals surface area contributed by atoms with E-state index in [0.29, 0.717) is 17.9 Å². The van der Waals surface area contributed by atoms with E-state index in [0.717, 1.165) is 48.0 Å². The molecule has 1 saturated carbocycles. The second kappa shape index (κ2) is 10.0. The largest absolute Gasteiger partial charge is 0.469 e. The number of pyridine rings is 1. The Labute approximate surface area is 193 Å². The Morgan fingerprint density at radius 1 is 1.15 bits per heavy atom. The van der Waals surface area contributed by atoms with Crippen LogP contribution in [0.3, 0.4) is 0 Å². The van der Waals surface area contributed by atoms with Gasteiger partial charge in [-0.3, -0.25) is 14.6 Å². The molecule has 1 aliphatic rings. The van der Waals surface area contributed by atoms with Crippen molar-refractivity contribution in [2.24, 2.45) is 5.92 Å². The van der Waals surface area contributed by atoms with Gasteiger partial charge in [0.15, 0.2) is 0 Å². The standard InChI is InChI=1S/C25H31N5O3/c1-16(2)28-24-21(25(32)29-20-6-4-17(5-7-20)12-23(31)33-3)14-27-30-15-19(13-22(24)30)18-8-10-26-11-9-18/h8-11,13-17,20,28H,4-7,12H2,1-3H3,(H,29,32). The molecule has 0 spiro atoms. The van der Waals surface area contributed by atoms with Crippen molar-refractivity contribution in [3.63, 3.8) is 0 Å². The van der Waals surface area contributed by atoms with Gasteiger partial charge in [0.1, 0.15) is 0 Å². The summed E-state index contributed by atoms with van der Waals surface area (Å²) in [5.74, 6) is 0.0370. The molecule has 4 rings (SSSR count). The summed E-state index contributed by atoms with van der Waals surface area (Å²) in [6.07, 6.45) is 11.1. The molecule has 1 aliphatic carbocycles. The highest BCUT2D eigenvalue weighted by Crippen LogP contribution is 2.30. The van der Waals surface area contributed by atoms with E-state index in [9.17, 15) is 9.59 Å². The molecule has 0 bridgehead atoms. The normalized spacial score (nSPS) is 18.3. The molecule has 0 atom stereocenters.